The van der Waals surface area contributed by atoms with Gasteiger partial charge in [-0.1, -0.05) is 20.8 Å². The molecular formula is C14H26N4. The van der Waals surface area contributed by atoms with Crippen molar-refractivity contribution in [3.05, 3.63) is 18.0 Å². The number of rotatable bonds is 7. The van der Waals surface area contributed by atoms with Crippen LogP contribution in [0, 0.1) is 5.41 Å². The van der Waals surface area contributed by atoms with Crippen LogP contribution in [-0.4, -0.2) is 15.8 Å². The third kappa shape index (κ3) is 2.75. The quantitative estimate of drug-likeness (QED) is 0.577. The summed E-state index contributed by atoms with van der Waals surface area (Å²) in [4.78, 5) is 0. The Morgan fingerprint density at radius 1 is 1.44 bits per heavy atom. The molecule has 0 saturated heterocycles. The molecule has 1 aliphatic carbocycles. The van der Waals surface area contributed by atoms with Crippen molar-refractivity contribution in [3.8, 4) is 0 Å². The molecule has 1 fully saturated rings. The first-order valence-corrected chi connectivity index (χ1v) is 7.13. The molecule has 1 saturated carbocycles. The summed E-state index contributed by atoms with van der Waals surface area (Å²) >= 11 is 0. The highest BCUT2D eigenvalue weighted by atomic mass is 15.3. The van der Waals surface area contributed by atoms with Gasteiger partial charge in [0.15, 0.2) is 0 Å². The lowest BCUT2D eigenvalue weighted by Gasteiger charge is -2.21. The normalized spacial score (nSPS) is 19.2. The molecule has 0 radical (unpaired) electrons. The van der Waals surface area contributed by atoms with Crippen molar-refractivity contribution in [2.24, 2.45) is 11.3 Å². The van der Waals surface area contributed by atoms with Crippen LogP contribution in [0.5, 0.6) is 0 Å². The number of hydrogen-bond acceptors (Lipinski definition) is 3. The van der Waals surface area contributed by atoms with Gasteiger partial charge >= 0.3 is 0 Å². The molecule has 1 unspecified atom stereocenters. The minimum absolute atomic E-state index is 0.350. The molecule has 0 bridgehead atoms. The maximum atomic E-state index is 5.68. The van der Waals surface area contributed by atoms with Crippen molar-refractivity contribution in [2.75, 3.05) is 0 Å². The fourth-order valence-electron chi connectivity index (χ4n) is 2.61. The maximum absolute atomic E-state index is 5.68. The average Bonchev–Trinajstić information content (AvgIpc) is 2.95. The Bertz CT molecular complexity index is 377. The van der Waals surface area contributed by atoms with E-state index in [2.05, 4.69) is 43.1 Å². The van der Waals surface area contributed by atoms with E-state index in [9.17, 15) is 0 Å². The van der Waals surface area contributed by atoms with Gasteiger partial charge in [0.05, 0.1) is 11.7 Å². The first-order chi connectivity index (χ1) is 8.62. The summed E-state index contributed by atoms with van der Waals surface area (Å²) in [6.45, 7) is 6.73. The van der Waals surface area contributed by atoms with Crippen LogP contribution in [0.1, 0.15) is 58.2 Å². The molecule has 0 aromatic carbocycles. The molecule has 1 aromatic heterocycles. The maximum Gasteiger partial charge on any atom is 0.0640 e. The molecule has 0 amide bonds. The molecule has 1 heterocycles. The van der Waals surface area contributed by atoms with Gasteiger partial charge in [0, 0.05) is 18.7 Å². The smallest absolute Gasteiger partial charge is 0.0640 e. The van der Waals surface area contributed by atoms with Gasteiger partial charge in [0.2, 0.25) is 0 Å². The number of nitrogens with one attached hydrogen (secondary N) is 1. The first kappa shape index (κ1) is 13.6. The van der Waals surface area contributed by atoms with Crippen molar-refractivity contribution >= 4 is 0 Å². The molecular weight excluding hydrogens is 224 g/mol. The molecule has 0 aliphatic heterocycles. The van der Waals surface area contributed by atoms with Crippen molar-refractivity contribution < 1.29 is 0 Å². The monoisotopic (exact) mass is 250 g/mol. The van der Waals surface area contributed by atoms with Crippen LogP contribution in [0.2, 0.25) is 0 Å². The SMILES string of the molecule is CCC(CC)n1ccc(CC(NN)C2(C)CC2)n1. The summed E-state index contributed by atoms with van der Waals surface area (Å²) in [5.74, 6) is 5.68. The Morgan fingerprint density at radius 2 is 2.11 bits per heavy atom. The van der Waals surface area contributed by atoms with Crippen LogP contribution in [0.15, 0.2) is 12.3 Å². The van der Waals surface area contributed by atoms with Gasteiger partial charge in [-0.3, -0.25) is 16.0 Å². The topological polar surface area (TPSA) is 55.9 Å². The highest BCUT2D eigenvalue weighted by molar-refractivity contribution is 5.08. The predicted octanol–water partition coefficient (Wildman–Crippen LogP) is 2.42. The summed E-state index contributed by atoms with van der Waals surface area (Å²) in [7, 11) is 0. The number of hydrogen-bond donors (Lipinski definition) is 2. The standard InChI is InChI=1S/C14H26N4/c1-4-12(5-2)18-9-6-11(17-18)10-13(16-15)14(3)7-8-14/h6,9,12-13,16H,4-5,7-8,10,15H2,1-3H3. The average molecular weight is 250 g/mol. The summed E-state index contributed by atoms with van der Waals surface area (Å²) in [6.07, 6.45) is 7.85. The Hall–Kier alpha value is -0.870. The zero-order valence-electron chi connectivity index (χ0n) is 11.8. The van der Waals surface area contributed by atoms with Crippen LogP contribution >= 0.6 is 0 Å². The van der Waals surface area contributed by atoms with Gasteiger partial charge in [-0.25, -0.2) is 0 Å². The van der Waals surface area contributed by atoms with Gasteiger partial charge in [0.1, 0.15) is 0 Å². The van der Waals surface area contributed by atoms with Gasteiger partial charge in [0.25, 0.3) is 0 Å². The molecule has 4 nitrogen and oxygen atoms in total. The third-order valence-corrected chi connectivity index (χ3v) is 4.47. The van der Waals surface area contributed by atoms with E-state index in [0.29, 0.717) is 17.5 Å². The van der Waals surface area contributed by atoms with E-state index in [1.54, 1.807) is 0 Å². The van der Waals surface area contributed by atoms with E-state index >= 15 is 0 Å². The zero-order valence-corrected chi connectivity index (χ0v) is 11.8. The summed E-state index contributed by atoms with van der Waals surface area (Å²) in [5.41, 5.74) is 4.50. The van der Waals surface area contributed by atoms with E-state index in [1.165, 1.54) is 12.8 Å². The van der Waals surface area contributed by atoms with E-state index in [4.69, 9.17) is 10.9 Å². The van der Waals surface area contributed by atoms with Gasteiger partial charge in [-0.15, -0.1) is 0 Å². The fraction of sp³-hybridized carbons (Fsp3) is 0.786. The van der Waals surface area contributed by atoms with Crippen LogP contribution in [0.4, 0.5) is 0 Å². The number of nitrogens with two attached hydrogens (primary N) is 1. The summed E-state index contributed by atoms with van der Waals surface area (Å²) in [5, 5.41) is 4.70. The Balaban J connectivity index is 2.01. The second kappa shape index (κ2) is 5.41. The van der Waals surface area contributed by atoms with Crippen LogP contribution in [0.3, 0.4) is 0 Å². The second-order valence-electron chi connectivity index (χ2n) is 5.83. The lowest BCUT2D eigenvalue weighted by molar-refractivity contribution is 0.353. The first-order valence-electron chi connectivity index (χ1n) is 7.13. The Kier molecular flexibility index (Phi) is 4.07. The van der Waals surface area contributed by atoms with Crippen LogP contribution in [-0.2, 0) is 6.42 Å². The second-order valence-corrected chi connectivity index (χ2v) is 5.83. The fourth-order valence-corrected chi connectivity index (χ4v) is 2.61. The molecule has 18 heavy (non-hydrogen) atoms. The molecule has 1 aliphatic rings. The van der Waals surface area contributed by atoms with Crippen molar-refractivity contribution in [1.82, 2.24) is 15.2 Å². The minimum atomic E-state index is 0.350. The van der Waals surface area contributed by atoms with Crippen molar-refractivity contribution in [2.45, 2.75) is 65.0 Å². The molecule has 0 spiro atoms. The minimum Gasteiger partial charge on any atom is -0.271 e. The Labute approximate surface area is 110 Å². The molecule has 3 N–H and O–H groups in total. The van der Waals surface area contributed by atoms with E-state index in [1.807, 2.05) is 0 Å². The lowest BCUT2D eigenvalue weighted by atomic mass is 9.95. The Morgan fingerprint density at radius 3 is 2.61 bits per heavy atom. The van der Waals surface area contributed by atoms with Gasteiger partial charge in [-0.05, 0) is 37.2 Å². The summed E-state index contributed by atoms with van der Waals surface area (Å²) in [6, 6.07) is 3.01. The number of nitrogens with zero attached hydrogens (tertiary/aromatic N) is 2. The zero-order chi connectivity index (χ0) is 13.2. The molecule has 1 atom stereocenters. The number of hydrazine groups is 1. The highest BCUT2D eigenvalue weighted by Crippen LogP contribution is 2.48. The van der Waals surface area contributed by atoms with Crippen LogP contribution in [0.25, 0.3) is 0 Å². The van der Waals surface area contributed by atoms with Gasteiger partial charge in [-0.2, -0.15) is 5.10 Å². The highest BCUT2D eigenvalue weighted by Gasteiger charge is 2.44. The van der Waals surface area contributed by atoms with E-state index in [0.717, 1.165) is 25.0 Å². The largest absolute Gasteiger partial charge is 0.271 e. The van der Waals surface area contributed by atoms with Gasteiger partial charge < -0.3 is 0 Å². The van der Waals surface area contributed by atoms with E-state index in [-0.39, 0.29) is 0 Å². The predicted molar refractivity (Wildman–Crippen MR) is 74.0 cm³/mol. The van der Waals surface area contributed by atoms with Crippen molar-refractivity contribution in [1.29, 1.82) is 0 Å². The molecule has 1 aromatic rings. The number of aromatic nitrogens is 2. The van der Waals surface area contributed by atoms with Crippen molar-refractivity contribution in [3.63, 3.8) is 0 Å². The third-order valence-electron chi connectivity index (χ3n) is 4.47. The van der Waals surface area contributed by atoms with Crippen LogP contribution < -0.4 is 11.3 Å². The van der Waals surface area contributed by atoms with E-state index < -0.39 is 0 Å². The lowest BCUT2D eigenvalue weighted by Crippen LogP contribution is -2.42. The molecule has 4 heteroatoms. The summed E-state index contributed by atoms with van der Waals surface area (Å²) < 4.78 is 2.11. The molecule has 102 valence electrons. The molecule has 2 rings (SSSR count).